The molecule has 2 aromatic carbocycles. The highest BCUT2D eigenvalue weighted by molar-refractivity contribution is 6.18. The van der Waals surface area contributed by atoms with Crippen LogP contribution in [0, 0.1) is 23.5 Å². The largest absolute Gasteiger partial charge is 0.353 e. The smallest absolute Gasteiger partial charge is 0.332 e. The third-order valence-electron chi connectivity index (χ3n) is 4.75. The van der Waals surface area contributed by atoms with E-state index in [1.807, 2.05) is 6.07 Å². The Labute approximate surface area is 165 Å². The Kier molecular flexibility index (Phi) is 4.72. The van der Waals surface area contributed by atoms with E-state index in [0.717, 1.165) is 17.0 Å². The van der Waals surface area contributed by atoms with E-state index in [1.165, 1.54) is 0 Å². The summed E-state index contributed by atoms with van der Waals surface area (Å²) in [6.07, 6.45) is -0.341. The Bertz CT molecular complexity index is 1050. The maximum absolute atomic E-state index is 14.7. The predicted molar refractivity (Wildman–Crippen MR) is 99.8 cm³/mol. The predicted octanol–water partition coefficient (Wildman–Crippen LogP) is 2.02. The lowest BCUT2D eigenvalue weighted by Gasteiger charge is -2.41. The first kappa shape index (κ1) is 18.6. The van der Waals surface area contributed by atoms with E-state index in [2.05, 4.69) is 17.2 Å². The number of carbonyl (C=O) groups is 3. The number of benzene rings is 2. The van der Waals surface area contributed by atoms with Crippen molar-refractivity contribution in [3.63, 3.8) is 0 Å². The summed E-state index contributed by atoms with van der Waals surface area (Å²) in [5.41, 5.74) is -0.0115. The van der Waals surface area contributed by atoms with E-state index in [4.69, 9.17) is 0 Å². The van der Waals surface area contributed by atoms with Crippen molar-refractivity contribution >= 4 is 23.5 Å². The standard InChI is InChI=1S/C21H15F2N3O3/c22-15-10-14(7-6-13-4-2-1-3-5-13)11-16(23)19(15)26-18(27)12-17-20(28)24-8-9-25(17)21(26)29/h1-5,10-11,17H,8-9,12H2,(H,24,28)/t17-/m1/s1. The van der Waals surface area contributed by atoms with Crippen LogP contribution in [0.1, 0.15) is 17.5 Å². The number of nitrogens with one attached hydrogen (secondary N) is 1. The third-order valence-corrected chi connectivity index (χ3v) is 4.75. The number of hydrogen-bond donors (Lipinski definition) is 1. The van der Waals surface area contributed by atoms with Gasteiger partial charge in [0, 0.05) is 24.2 Å². The molecule has 8 heteroatoms. The number of imide groups is 1. The highest BCUT2D eigenvalue weighted by atomic mass is 19.1. The van der Waals surface area contributed by atoms with Crippen LogP contribution in [-0.2, 0) is 9.59 Å². The molecule has 2 aliphatic heterocycles. The third kappa shape index (κ3) is 3.43. The topological polar surface area (TPSA) is 69.7 Å². The molecule has 0 aromatic heterocycles. The van der Waals surface area contributed by atoms with Crippen LogP contribution < -0.4 is 10.2 Å². The Balaban J connectivity index is 1.67. The van der Waals surface area contributed by atoms with Crippen molar-refractivity contribution in [3.05, 3.63) is 65.2 Å². The second-order valence-corrected chi connectivity index (χ2v) is 6.62. The van der Waals surface area contributed by atoms with E-state index in [1.54, 1.807) is 24.3 Å². The van der Waals surface area contributed by atoms with E-state index in [0.29, 0.717) is 10.5 Å². The average Bonchev–Trinajstić information content (AvgIpc) is 2.70. The molecule has 2 fully saturated rings. The molecule has 4 rings (SSSR count). The molecular weight excluding hydrogens is 380 g/mol. The summed E-state index contributed by atoms with van der Waals surface area (Å²) >= 11 is 0. The second-order valence-electron chi connectivity index (χ2n) is 6.62. The van der Waals surface area contributed by atoms with Gasteiger partial charge in [0.25, 0.3) is 0 Å². The minimum atomic E-state index is -1.08. The van der Waals surface area contributed by atoms with Crippen molar-refractivity contribution in [1.82, 2.24) is 10.2 Å². The molecule has 0 unspecified atom stereocenters. The zero-order valence-electron chi connectivity index (χ0n) is 15.1. The Morgan fingerprint density at radius 1 is 0.966 bits per heavy atom. The maximum Gasteiger partial charge on any atom is 0.332 e. The van der Waals surface area contributed by atoms with Crippen LogP contribution in [0.25, 0.3) is 0 Å². The van der Waals surface area contributed by atoms with Crippen molar-refractivity contribution in [2.24, 2.45) is 0 Å². The zero-order chi connectivity index (χ0) is 20.5. The van der Waals surface area contributed by atoms with Crippen LogP contribution in [-0.4, -0.2) is 41.9 Å². The lowest BCUT2D eigenvalue weighted by molar-refractivity contribution is -0.133. The van der Waals surface area contributed by atoms with Crippen LogP contribution in [0.3, 0.4) is 0 Å². The quantitative estimate of drug-likeness (QED) is 0.752. The summed E-state index contributed by atoms with van der Waals surface area (Å²) in [6, 6.07) is 8.99. The molecule has 4 amide bonds. The summed E-state index contributed by atoms with van der Waals surface area (Å²) < 4.78 is 29.4. The fourth-order valence-corrected chi connectivity index (χ4v) is 3.38. The number of hydrogen-bond acceptors (Lipinski definition) is 3. The number of halogens is 2. The Morgan fingerprint density at radius 3 is 2.31 bits per heavy atom. The van der Waals surface area contributed by atoms with Gasteiger partial charge in [-0.25, -0.2) is 18.5 Å². The van der Waals surface area contributed by atoms with Crippen molar-refractivity contribution in [2.75, 3.05) is 18.0 Å². The molecule has 0 aliphatic carbocycles. The highest BCUT2D eigenvalue weighted by Crippen LogP contribution is 2.30. The Hall–Kier alpha value is -3.73. The van der Waals surface area contributed by atoms with Crippen LogP contribution in [0.2, 0.25) is 0 Å². The first-order chi connectivity index (χ1) is 14.0. The lowest BCUT2D eigenvalue weighted by Crippen LogP contribution is -2.65. The van der Waals surface area contributed by atoms with Crippen LogP contribution in [0.5, 0.6) is 0 Å². The molecule has 1 atom stereocenters. The number of amides is 4. The molecule has 0 saturated carbocycles. The molecule has 2 aliphatic rings. The molecule has 146 valence electrons. The van der Waals surface area contributed by atoms with Gasteiger partial charge < -0.3 is 10.2 Å². The summed E-state index contributed by atoms with van der Waals surface area (Å²) in [5.74, 6) is 2.00. The van der Waals surface area contributed by atoms with Crippen molar-refractivity contribution < 1.29 is 23.2 Å². The molecule has 1 N–H and O–H groups in total. The number of fused-ring (bicyclic) bond motifs is 1. The first-order valence-electron chi connectivity index (χ1n) is 8.93. The fraction of sp³-hybridized carbons (Fsp3) is 0.190. The molecule has 2 heterocycles. The molecule has 0 radical (unpaired) electrons. The van der Waals surface area contributed by atoms with Gasteiger partial charge in [-0.1, -0.05) is 30.0 Å². The van der Waals surface area contributed by atoms with Gasteiger partial charge in [0.05, 0.1) is 6.42 Å². The van der Waals surface area contributed by atoms with Gasteiger partial charge in [-0.3, -0.25) is 9.59 Å². The number of urea groups is 1. The molecular formula is C21H15F2N3O3. The number of carbonyl (C=O) groups excluding carboxylic acids is 3. The van der Waals surface area contributed by atoms with Crippen LogP contribution in [0.4, 0.5) is 19.3 Å². The SMILES string of the molecule is O=C1NCCN2C(=O)N(c3c(F)cc(C#Cc4ccccc4)cc3F)C(=O)C[C@H]12. The lowest BCUT2D eigenvalue weighted by atomic mass is 10.0. The molecule has 0 spiro atoms. The van der Waals surface area contributed by atoms with E-state index >= 15 is 0 Å². The van der Waals surface area contributed by atoms with Gasteiger partial charge in [0.15, 0.2) is 11.6 Å². The summed E-state index contributed by atoms with van der Waals surface area (Å²) in [5, 5.41) is 2.57. The highest BCUT2D eigenvalue weighted by Gasteiger charge is 2.45. The minimum absolute atomic E-state index is 0.0692. The van der Waals surface area contributed by atoms with Crippen molar-refractivity contribution in [1.29, 1.82) is 0 Å². The van der Waals surface area contributed by atoms with E-state index in [9.17, 15) is 23.2 Å². The monoisotopic (exact) mass is 395 g/mol. The van der Waals surface area contributed by atoms with Gasteiger partial charge >= 0.3 is 6.03 Å². The number of anilines is 1. The normalized spacial score (nSPS) is 18.7. The van der Waals surface area contributed by atoms with Crippen molar-refractivity contribution in [3.8, 4) is 11.8 Å². The van der Waals surface area contributed by atoms with Gasteiger partial charge in [-0.05, 0) is 24.3 Å². The zero-order valence-corrected chi connectivity index (χ0v) is 15.1. The summed E-state index contributed by atoms with van der Waals surface area (Å²) in [4.78, 5) is 38.7. The molecule has 2 aromatic rings. The van der Waals surface area contributed by atoms with Gasteiger partial charge in [0.1, 0.15) is 11.7 Å². The molecule has 6 nitrogen and oxygen atoms in total. The maximum atomic E-state index is 14.7. The van der Waals surface area contributed by atoms with Gasteiger partial charge in [0.2, 0.25) is 11.8 Å². The number of piperazine rings is 1. The molecule has 29 heavy (non-hydrogen) atoms. The first-order valence-corrected chi connectivity index (χ1v) is 8.93. The van der Waals surface area contributed by atoms with Gasteiger partial charge in [-0.2, -0.15) is 0 Å². The van der Waals surface area contributed by atoms with Crippen LogP contribution in [0.15, 0.2) is 42.5 Å². The fourth-order valence-electron chi connectivity index (χ4n) is 3.38. The van der Waals surface area contributed by atoms with Crippen molar-refractivity contribution in [2.45, 2.75) is 12.5 Å². The summed E-state index contributed by atoms with van der Waals surface area (Å²) in [7, 11) is 0. The van der Waals surface area contributed by atoms with Crippen LogP contribution >= 0.6 is 0 Å². The summed E-state index contributed by atoms with van der Waals surface area (Å²) in [6.45, 7) is 0.366. The molecule has 0 bridgehead atoms. The van der Waals surface area contributed by atoms with E-state index in [-0.39, 0.29) is 25.1 Å². The minimum Gasteiger partial charge on any atom is -0.353 e. The van der Waals surface area contributed by atoms with E-state index < -0.39 is 41.2 Å². The average molecular weight is 395 g/mol. The number of rotatable bonds is 1. The number of nitrogens with zero attached hydrogens (tertiary/aromatic N) is 2. The molecule has 2 saturated heterocycles. The van der Waals surface area contributed by atoms with Gasteiger partial charge in [-0.15, -0.1) is 0 Å². The Morgan fingerprint density at radius 2 is 1.62 bits per heavy atom. The second kappa shape index (κ2) is 7.36.